The second-order valence-corrected chi connectivity index (χ2v) is 8.62. The lowest BCUT2D eigenvalue weighted by Crippen LogP contribution is -2.40. The molecule has 29 heavy (non-hydrogen) atoms. The largest absolute Gasteiger partial charge is 0.357 e. The van der Waals surface area contributed by atoms with Gasteiger partial charge in [-0.15, -0.1) is 24.0 Å². The monoisotopic (exact) mass is 538 g/mol. The minimum atomic E-state index is -3.15. The Balaban J connectivity index is 0.00000784. The van der Waals surface area contributed by atoms with E-state index >= 15 is 0 Å². The average molecular weight is 538 g/mol. The third kappa shape index (κ3) is 12.0. The number of nitrogens with one attached hydrogen (secondary N) is 2. The molecule has 0 atom stereocenters. The molecule has 0 spiro atoms. The SMILES string of the molecule is CCNC(=NCCCS(=O)(=O)Cc1ccccc1)NCCC(=O)N(CC)CC.I. The number of sulfone groups is 1. The normalized spacial score (nSPS) is 11.5. The number of guanidine groups is 1. The first-order chi connectivity index (χ1) is 13.4. The molecule has 9 heteroatoms. The van der Waals surface area contributed by atoms with Gasteiger partial charge >= 0.3 is 0 Å². The second-order valence-electron chi connectivity index (χ2n) is 6.43. The second kappa shape index (κ2) is 15.5. The van der Waals surface area contributed by atoms with Crippen LogP contribution < -0.4 is 10.6 Å². The van der Waals surface area contributed by atoms with E-state index in [0.717, 1.165) is 5.56 Å². The van der Waals surface area contributed by atoms with Crippen LogP contribution in [0.25, 0.3) is 0 Å². The van der Waals surface area contributed by atoms with Crippen molar-refractivity contribution in [3.63, 3.8) is 0 Å². The van der Waals surface area contributed by atoms with Crippen molar-refractivity contribution in [1.82, 2.24) is 15.5 Å². The summed E-state index contributed by atoms with van der Waals surface area (Å²) in [6, 6.07) is 9.20. The van der Waals surface area contributed by atoms with Crippen molar-refractivity contribution in [3.8, 4) is 0 Å². The number of aliphatic imine (C=N–C) groups is 1. The minimum absolute atomic E-state index is 0. The third-order valence-electron chi connectivity index (χ3n) is 4.20. The highest BCUT2D eigenvalue weighted by atomic mass is 127. The summed E-state index contributed by atoms with van der Waals surface area (Å²) in [7, 11) is -3.15. The quantitative estimate of drug-likeness (QED) is 0.185. The number of halogens is 1. The third-order valence-corrected chi connectivity index (χ3v) is 5.89. The van der Waals surface area contributed by atoms with Crippen LogP contribution in [0.4, 0.5) is 0 Å². The first-order valence-corrected chi connectivity index (χ1v) is 11.8. The summed E-state index contributed by atoms with van der Waals surface area (Å²) < 4.78 is 24.4. The lowest BCUT2D eigenvalue weighted by atomic mass is 10.2. The number of hydrogen-bond donors (Lipinski definition) is 2. The highest BCUT2D eigenvalue weighted by molar-refractivity contribution is 14.0. The van der Waals surface area contributed by atoms with Gasteiger partial charge in [0.2, 0.25) is 5.91 Å². The van der Waals surface area contributed by atoms with E-state index in [1.54, 1.807) is 4.90 Å². The Morgan fingerprint density at radius 3 is 2.31 bits per heavy atom. The molecule has 166 valence electrons. The fourth-order valence-electron chi connectivity index (χ4n) is 2.74. The van der Waals surface area contributed by atoms with Crippen molar-refractivity contribution in [2.24, 2.45) is 4.99 Å². The lowest BCUT2D eigenvalue weighted by Gasteiger charge is -2.19. The summed E-state index contributed by atoms with van der Waals surface area (Å²) in [6.07, 6.45) is 0.863. The van der Waals surface area contributed by atoms with E-state index in [9.17, 15) is 13.2 Å². The van der Waals surface area contributed by atoms with Gasteiger partial charge in [-0.2, -0.15) is 0 Å². The van der Waals surface area contributed by atoms with Crippen LogP contribution in [0.15, 0.2) is 35.3 Å². The maximum Gasteiger partial charge on any atom is 0.224 e. The van der Waals surface area contributed by atoms with E-state index in [-0.39, 0.29) is 41.4 Å². The summed E-state index contributed by atoms with van der Waals surface area (Å²) >= 11 is 0. The zero-order chi connectivity index (χ0) is 20.8. The predicted molar refractivity (Wildman–Crippen MR) is 130 cm³/mol. The van der Waals surface area contributed by atoms with Gasteiger partial charge in [0.1, 0.15) is 0 Å². The molecule has 0 radical (unpaired) electrons. The smallest absolute Gasteiger partial charge is 0.224 e. The topological polar surface area (TPSA) is 90.9 Å². The highest BCUT2D eigenvalue weighted by Gasteiger charge is 2.12. The number of amides is 1. The van der Waals surface area contributed by atoms with Gasteiger partial charge in [-0.05, 0) is 32.8 Å². The molecule has 1 rings (SSSR count). The van der Waals surface area contributed by atoms with Crippen LogP contribution in [0.2, 0.25) is 0 Å². The van der Waals surface area contributed by atoms with Gasteiger partial charge in [-0.25, -0.2) is 8.42 Å². The van der Waals surface area contributed by atoms with E-state index in [0.29, 0.717) is 51.5 Å². The Morgan fingerprint density at radius 2 is 1.72 bits per heavy atom. The number of rotatable bonds is 12. The van der Waals surface area contributed by atoms with Crippen molar-refractivity contribution in [1.29, 1.82) is 0 Å². The Kier molecular flexibility index (Phi) is 14.8. The fraction of sp³-hybridized carbons (Fsp3) is 0.600. The van der Waals surface area contributed by atoms with Gasteiger partial charge in [0.15, 0.2) is 15.8 Å². The Hall–Kier alpha value is -1.36. The standard InChI is InChI=1S/C20H34N4O3S.HI/c1-4-21-20(23-15-13-19(25)24(5-2)6-3)22-14-10-16-28(26,27)17-18-11-8-7-9-12-18;/h7-9,11-12H,4-6,10,13-17H2,1-3H3,(H2,21,22,23);1H. The van der Waals surface area contributed by atoms with Crippen LogP contribution in [0, 0.1) is 0 Å². The van der Waals surface area contributed by atoms with Gasteiger partial charge in [0, 0.05) is 39.1 Å². The van der Waals surface area contributed by atoms with E-state index in [4.69, 9.17) is 0 Å². The lowest BCUT2D eigenvalue weighted by molar-refractivity contribution is -0.130. The van der Waals surface area contributed by atoms with Gasteiger partial charge in [-0.3, -0.25) is 9.79 Å². The van der Waals surface area contributed by atoms with Gasteiger partial charge < -0.3 is 15.5 Å². The Morgan fingerprint density at radius 1 is 1.07 bits per heavy atom. The molecule has 0 aliphatic carbocycles. The number of nitrogens with zero attached hydrogens (tertiary/aromatic N) is 2. The van der Waals surface area contributed by atoms with E-state index in [1.807, 2.05) is 51.1 Å². The number of hydrogen-bond acceptors (Lipinski definition) is 4. The van der Waals surface area contributed by atoms with Gasteiger partial charge in [-0.1, -0.05) is 30.3 Å². The van der Waals surface area contributed by atoms with Crippen molar-refractivity contribution < 1.29 is 13.2 Å². The molecule has 0 fully saturated rings. The summed E-state index contributed by atoms with van der Waals surface area (Å²) in [4.78, 5) is 18.2. The molecule has 0 aromatic heterocycles. The predicted octanol–water partition coefficient (Wildman–Crippen LogP) is 2.42. The molecule has 1 aromatic rings. The maximum atomic E-state index is 12.2. The van der Waals surface area contributed by atoms with Crippen LogP contribution in [-0.2, 0) is 20.4 Å². The maximum absolute atomic E-state index is 12.2. The highest BCUT2D eigenvalue weighted by Crippen LogP contribution is 2.07. The van der Waals surface area contributed by atoms with Crippen LogP contribution in [0.1, 0.15) is 39.2 Å². The van der Waals surface area contributed by atoms with Crippen molar-refractivity contribution >= 4 is 45.7 Å². The van der Waals surface area contributed by atoms with E-state index in [2.05, 4.69) is 15.6 Å². The van der Waals surface area contributed by atoms with Crippen molar-refractivity contribution in [2.45, 2.75) is 39.4 Å². The average Bonchev–Trinajstić information content (AvgIpc) is 2.66. The first kappa shape index (κ1) is 27.6. The van der Waals surface area contributed by atoms with E-state index in [1.165, 1.54) is 0 Å². The summed E-state index contributed by atoms with van der Waals surface area (Å²) in [5, 5.41) is 6.25. The molecule has 1 amide bonds. The Bertz CT molecular complexity index is 708. The van der Waals surface area contributed by atoms with Crippen LogP contribution in [-0.4, -0.2) is 63.7 Å². The molecule has 0 saturated carbocycles. The number of carbonyl (C=O) groups excluding carboxylic acids is 1. The molecular weight excluding hydrogens is 503 g/mol. The van der Waals surface area contributed by atoms with Crippen LogP contribution in [0.3, 0.4) is 0 Å². The summed E-state index contributed by atoms with van der Waals surface area (Å²) in [5.41, 5.74) is 0.805. The molecule has 1 aromatic carbocycles. The molecular formula is C20H35IN4O3S. The molecule has 0 bridgehead atoms. The molecule has 0 saturated heterocycles. The molecule has 0 heterocycles. The van der Waals surface area contributed by atoms with Crippen LogP contribution >= 0.6 is 24.0 Å². The zero-order valence-electron chi connectivity index (χ0n) is 17.7. The first-order valence-electron chi connectivity index (χ1n) is 9.96. The molecule has 0 unspecified atom stereocenters. The molecule has 2 N–H and O–H groups in total. The minimum Gasteiger partial charge on any atom is -0.357 e. The molecule has 0 aliphatic heterocycles. The van der Waals surface area contributed by atoms with Crippen molar-refractivity contribution in [2.75, 3.05) is 38.5 Å². The molecule has 0 aliphatic rings. The van der Waals surface area contributed by atoms with Crippen LogP contribution in [0.5, 0.6) is 0 Å². The van der Waals surface area contributed by atoms with Gasteiger partial charge in [0.25, 0.3) is 0 Å². The summed E-state index contributed by atoms with van der Waals surface area (Å²) in [6.45, 7) is 8.91. The Labute approximate surface area is 192 Å². The van der Waals surface area contributed by atoms with E-state index < -0.39 is 9.84 Å². The zero-order valence-corrected chi connectivity index (χ0v) is 20.8. The molecule has 7 nitrogen and oxygen atoms in total. The number of carbonyl (C=O) groups is 1. The fourth-order valence-corrected chi connectivity index (χ4v) is 4.15. The number of benzene rings is 1. The van der Waals surface area contributed by atoms with Gasteiger partial charge in [0.05, 0.1) is 11.5 Å². The van der Waals surface area contributed by atoms with Crippen molar-refractivity contribution in [3.05, 3.63) is 35.9 Å². The summed E-state index contributed by atoms with van der Waals surface area (Å²) in [5.74, 6) is 0.879.